The predicted molar refractivity (Wildman–Crippen MR) is 117 cm³/mol. The summed E-state index contributed by atoms with van der Waals surface area (Å²) in [6.07, 6.45) is 10.4. The molecule has 4 nitrogen and oxygen atoms in total. The van der Waals surface area contributed by atoms with Crippen molar-refractivity contribution in [2.75, 3.05) is 5.32 Å². The molecule has 1 aromatic carbocycles. The molecular weight excluding hydrogens is 366 g/mol. The van der Waals surface area contributed by atoms with Crippen molar-refractivity contribution in [1.29, 1.82) is 0 Å². The fourth-order valence-corrected chi connectivity index (χ4v) is 5.09. The van der Waals surface area contributed by atoms with Crippen LogP contribution in [0.4, 0.5) is 5.69 Å². The van der Waals surface area contributed by atoms with Gasteiger partial charge in [-0.05, 0) is 50.7 Å². The molecule has 0 unspecified atom stereocenters. The monoisotopic (exact) mass is 395 g/mol. The second-order valence-electron chi connectivity index (χ2n) is 8.09. The first-order valence-corrected chi connectivity index (χ1v) is 11.4. The molecule has 5 heteroatoms. The van der Waals surface area contributed by atoms with Crippen LogP contribution in [0.2, 0.25) is 0 Å². The van der Waals surface area contributed by atoms with Gasteiger partial charge < -0.3 is 5.32 Å². The molecule has 1 aliphatic carbocycles. The van der Waals surface area contributed by atoms with Crippen molar-refractivity contribution < 1.29 is 4.79 Å². The largest absolute Gasteiger partial charge is 0.326 e. The van der Waals surface area contributed by atoms with Crippen LogP contribution in [0.1, 0.15) is 57.6 Å². The van der Waals surface area contributed by atoms with Crippen LogP contribution in [0.15, 0.2) is 35.8 Å². The number of unbranched alkanes of at least 4 members (excludes halogenated alkanes) is 1. The number of nitrogens with one attached hydrogen (secondary N) is 1. The molecule has 0 saturated heterocycles. The molecule has 1 aliphatic rings. The first-order chi connectivity index (χ1) is 13.6. The van der Waals surface area contributed by atoms with Crippen LogP contribution in [0, 0.1) is 18.8 Å². The number of hydrogen-bond acceptors (Lipinski definition) is 3. The van der Waals surface area contributed by atoms with Crippen molar-refractivity contribution >= 4 is 27.9 Å². The third-order valence-electron chi connectivity index (χ3n) is 6.00. The number of thiazole rings is 1. The molecule has 1 amide bonds. The Kier molecular flexibility index (Phi) is 5.81. The lowest BCUT2D eigenvalue weighted by Crippen LogP contribution is -2.27. The lowest BCUT2D eigenvalue weighted by Gasteiger charge is -2.27. The van der Waals surface area contributed by atoms with Crippen molar-refractivity contribution in [1.82, 2.24) is 9.38 Å². The standard InChI is InChI=1S/C23H29N3OS/c1-3-4-6-17-9-11-18(12-10-17)22(27)24-20-8-5-7-19(13-20)21-14-26-16(2)15-28-23(26)25-21/h5,7-8,13-15,17-18H,3-4,6,9-12H2,1-2H3,(H,24,27). The van der Waals surface area contributed by atoms with Crippen molar-refractivity contribution in [2.45, 2.75) is 58.8 Å². The molecule has 148 valence electrons. The molecule has 0 spiro atoms. The number of benzene rings is 1. The molecule has 0 radical (unpaired) electrons. The van der Waals surface area contributed by atoms with Gasteiger partial charge >= 0.3 is 0 Å². The van der Waals surface area contributed by atoms with Crippen LogP contribution < -0.4 is 5.32 Å². The summed E-state index contributed by atoms with van der Waals surface area (Å²) in [5.74, 6) is 1.15. The Balaban J connectivity index is 1.40. The summed E-state index contributed by atoms with van der Waals surface area (Å²) in [7, 11) is 0. The Labute approximate surface area is 171 Å². The lowest BCUT2D eigenvalue weighted by molar-refractivity contribution is -0.121. The Bertz CT molecular complexity index is 950. The molecule has 0 aliphatic heterocycles. The fourth-order valence-electron chi connectivity index (χ4n) is 4.24. The highest BCUT2D eigenvalue weighted by atomic mass is 32.1. The Morgan fingerprint density at radius 2 is 2.11 bits per heavy atom. The highest BCUT2D eigenvalue weighted by Crippen LogP contribution is 2.33. The summed E-state index contributed by atoms with van der Waals surface area (Å²) in [4.78, 5) is 18.5. The van der Waals surface area contributed by atoms with Crippen molar-refractivity contribution in [2.24, 2.45) is 11.8 Å². The molecular formula is C23H29N3OS. The fraction of sp³-hybridized carbons (Fsp3) is 0.478. The van der Waals surface area contributed by atoms with E-state index in [1.165, 1.54) is 37.8 Å². The first-order valence-electron chi connectivity index (χ1n) is 10.5. The topological polar surface area (TPSA) is 46.4 Å². The molecule has 3 aromatic rings. The van der Waals surface area contributed by atoms with Crippen molar-refractivity contribution in [3.05, 3.63) is 41.5 Å². The number of carbonyl (C=O) groups excluding carboxylic acids is 1. The maximum absolute atomic E-state index is 12.8. The van der Waals surface area contributed by atoms with Gasteiger partial charge in [0, 0.05) is 34.4 Å². The van der Waals surface area contributed by atoms with E-state index in [1.807, 2.05) is 18.2 Å². The smallest absolute Gasteiger partial charge is 0.227 e. The van der Waals surface area contributed by atoms with Gasteiger partial charge in [-0.2, -0.15) is 0 Å². The average Bonchev–Trinajstić information content (AvgIpc) is 3.29. The summed E-state index contributed by atoms with van der Waals surface area (Å²) < 4.78 is 2.11. The van der Waals surface area contributed by atoms with E-state index in [0.29, 0.717) is 0 Å². The zero-order valence-electron chi connectivity index (χ0n) is 16.8. The molecule has 28 heavy (non-hydrogen) atoms. The molecule has 2 heterocycles. The molecule has 1 fully saturated rings. The van der Waals surface area contributed by atoms with Crippen LogP contribution in [0.5, 0.6) is 0 Å². The number of imidazole rings is 1. The minimum atomic E-state index is 0.155. The van der Waals surface area contributed by atoms with Gasteiger partial charge in [-0.3, -0.25) is 9.20 Å². The Morgan fingerprint density at radius 1 is 1.29 bits per heavy atom. The van der Waals surface area contributed by atoms with E-state index in [-0.39, 0.29) is 11.8 Å². The van der Waals surface area contributed by atoms with E-state index in [4.69, 9.17) is 4.98 Å². The number of anilines is 1. The molecule has 2 aromatic heterocycles. The third kappa shape index (κ3) is 4.14. The minimum Gasteiger partial charge on any atom is -0.326 e. The molecule has 1 saturated carbocycles. The number of aromatic nitrogens is 2. The summed E-state index contributed by atoms with van der Waals surface area (Å²) in [6, 6.07) is 8.05. The van der Waals surface area contributed by atoms with E-state index in [0.717, 1.165) is 40.7 Å². The number of amides is 1. The maximum atomic E-state index is 12.8. The van der Waals surface area contributed by atoms with Crippen LogP contribution in [0.25, 0.3) is 16.2 Å². The van der Waals surface area contributed by atoms with Crippen LogP contribution >= 0.6 is 11.3 Å². The van der Waals surface area contributed by atoms with Crippen LogP contribution in [-0.4, -0.2) is 15.3 Å². The Hall–Kier alpha value is -2.14. The van der Waals surface area contributed by atoms with Gasteiger partial charge in [0.25, 0.3) is 0 Å². The number of fused-ring (bicyclic) bond motifs is 1. The normalized spacial score (nSPS) is 19.8. The summed E-state index contributed by atoms with van der Waals surface area (Å²) in [5.41, 5.74) is 4.04. The van der Waals surface area contributed by atoms with E-state index in [9.17, 15) is 4.79 Å². The maximum Gasteiger partial charge on any atom is 0.227 e. The van der Waals surface area contributed by atoms with Gasteiger partial charge in [0.15, 0.2) is 4.96 Å². The zero-order chi connectivity index (χ0) is 19.5. The van der Waals surface area contributed by atoms with Gasteiger partial charge in [0.2, 0.25) is 5.91 Å². The third-order valence-corrected chi connectivity index (χ3v) is 6.96. The lowest BCUT2D eigenvalue weighted by atomic mass is 9.79. The highest BCUT2D eigenvalue weighted by Gasteiger charge is 2.26. The summed E-state index contributed by atoms with van der Waals surface area (Å²) in [6.45, 7) is 4.34. The van der Waals surface area contributed by atoms with Crippen molar-refractivity contribution in [3.8, 4) is 11.3 Å². The van der Waals surface area contributed by atoms with Crippen molar-refractivity contribution in [3.63, 3.8) is 0 Å². The predicted octanol–water partition coefficient (Wildman–Crippen LogP) is 6.31. The van der Waals surface area contributed by atoms with Gasteiger partial charge in [0.1, 0.15) is 0 Å². The second kappa shape index (κ2) is 8.48. The average molecular weight is 396 g/mol. The van der Waals surface area contributed by atoms with Gasteiger partial charge in [0.05, 0.1) is 5.69 Å². The first kappa shape index (κ1) is 19.2. The van der Waals surface area contributed by atoms with E-state index in [2.05, 4.69) is 41.2 Å². The number of nitrogens with zero attached hydrogens (tertiary/aromatic N) is 2. The van der Waals surface area contributed by atoms with E-state index < -0.39 is 0 Å². The molecule has 0 bridgehead atoms. The number of rotatable bonds is 6. The van der Waals surface area contributed by atoms with Crippen LogP contribution in [-0.2, 0) is 4.79 Å². The zero-order valence-corrected chi connectivity index (χ0v) is 17.6. The number of aryl methyl sites for hydroxylation is 1. The minimum absolute atomic E-state index is 0.155. The van der Waals surface area contributed by atoms with Gasteiger partial charge in [-0.1, -0.05) is 38.3 Å². The highest BCUT2D eigenvalue weighted by molar-refractivity contribution is 7.15. The Morgan fingerprint density at radius 3 is 2.86 bits per heavy atom. The summed E-state index contributed by atoms with van der Waals surface area (Å²) in [5, 5.41) is 5.26. The molecule has 1 N–H and O–H groups in total. The van der Waals surface area contributed by atoms with Gasteiger partial charge in [-0.15, -0.1) is 11.3 Å². The second-order valence-corrected chi connectivity index (χ2v) is 8.92. The van der Waals surface area contributed by atoms with E-state index >= 15 is 0 Å². The molecule has 0 atom stereocenters. The SMILES string of the molecule is CCCCC1CCC(C(=O)Nc2cccc(-c3cn4c(C)csc4n3)c2)CC1. The quantitative estimate of drug-likeness (QED) is 0.532. The number of hydrogen-bond donors (Lipinski definition) is 1. The summed E-state index contributed by atoms with van der Waals surface area (Å²) >= 11 is 1.65. The van der Waals surface area contributed by atoms with Crippen LogP contribution in [0.3, 0.4) is 0 Å². The molecule has 4 rings (SSSR count). The van der Waals surface area contributed by atoms with Gasteiger partial charge in [-0.25, -0.2) is 4.98 Å². The number of carbonyl (C=O) groups is 1. The van der Waals surface area contributed by atoms with E-state index in [1.54, 1.807) is 11.3 Å².